The molecular weight excluding hydrogens is 434 g/mol. The fourth-order valence-corrected chi connectivity index (χ4v) is 4.76. The molecule has 2 aromatic heterocycles. The van der Waals surface area contributed by atoms with Crippen molar-refractivity contribution in [2.75, 3.05) is 11.6 Å². The maximum absolute atomic E-state index is 12.5. The fourth-order valence-electron chi connectivity index (χ4n) is 2.72. The average molecular weight is 448 g/mol. The molecule has 0 unspecified atom stereocenters. The molecule has 2 aromatic carbocycles. The van der Waals surface area contributed by atoms with Gasteiger partial charge >= 0.3 is 6.01 Å². The van der Waals surface area contributed by atoms with Gasteiger partial charge in [0.2, 0.25) is 5.89 Å². The molecular formula is C19H14ClN3O4S2. The lowest BCUT2D eigenvalue weighted by Gasteiger charge is -2.00. The van der Waals surface area contributed by atoms with E-state index >= 15 is 0 Å². The van der Waals surface area contributed by atoms with Gasteiger partial charge in [-0.2, -0.15) is 0 Å². The van der Waals surface area contributed by atoms with Crippen LogP contribution in [0.15, 0.2) is 57.8 Å². The van der Waals surface area contributed by atoms with E-state index < -0.39 is 15.7 Å². The minimum atomic E-state index is -3.25. The van der Waals surface area contributed by atoms with Gasteiger partial charge in [-0.3, -0.25) is 10.1 Å². The topological polar surface area (TPSA) is 102 Å². The zero-order valence-corrected chi connectivity index (χ0v) is 17.4. The number of rotatable bonds is 5. The average Bonchev–Trinajstić information content (AvgIpc) is 3.26. The van der Waals surface area contributed by atoms with Gasteiger partial charge in [0.15, 0.2) is 9.84 Å². The van der Waals surface area contributed by atoms with Crippen LogP contribution in [-0.4, -0.2) is 30.8 Å². The van der Waals surface area contributed by atoms with Gasteiger partial charge in [-0.25, -0.2) is 8.42 Å². The monoisotopic (exact) mass is 447 g/mol. The fraction of sp³-hybridized carbons (Fsp3) is 0.105. The summed E-state index contributed by atoms with van der Waals surface area (Å²) in [6, 6.07) is 13.8. The molecule has 0 saturated heterocycles. The Morgan fingerprint density at radius 3 is 2.55 bits per heavy atom. The van der Waals surface area contributed by atoms with E-state index in [2.05, 4.69) is 15.5 Å². The van der Waals surface area contributed by atoms with Crippen LogP contribution in [0.25, 0.3) is 10.1 Å². The summed E-state index contributed by atoms with van der Waals surface area (Å²) >= 11 is 7.60. The van der Waals surface area contributed by atoms with Crippen LogP contribution >= 0.6 is 22.9 Å². The van der Waals surface area contributed by atoms with Gasteiger partial charge in [-0.1, -0.05) is 47.0 Å². The zero-order chi connectivity index (χ0) is 20.6. The van der Waals surface area contributed by atoms with Crippen molar-refractivity contribution in [2.45, 2.75) is 11.3 Å². The molecule has 7 nitrogen and oxygen atoms in total. The van der Waals surface area contributed by atoms with Crippen LogP contribution in [0.5, 0.6) is 0 Å². The number of carbonyl (C=O) groups is 1. The van der Waals surface area contributed by atoms with Crippen molar-refractivity contribution in [3.63, 3.8) is 0 Å². The third kappa shape index (κ3) is 4.16. The summed E-state index contributed by atoms with van der Waals surface area (Å²) in [5.41, 5.74) is 0.798. The quantitative estimate of drug-likeness (QED) is 0.492. The maximum atomic E-state index is 12.5. The van der Waals surface area contributed by atoms with Gasteiger partial charge in [0.05, 0.1) is 16.3 Å². The summed E-state index contributed by atoms with van der Waals surface area (Å²) in [7, 11) is -3.25. The highest BCUT2D eigenvalue weighted by atomic mass is 35.5. The molecule has 4 rings (SSSR count). The molecule has 1 amide bonds. The normalized spacial score (nSPS) is 11.7. The van der Waals surface area contributed by atoms with Crippen molar-refractivity contribution >= 4 is 54.8 Å². The molecule has 0 fully saturated rings. The summed E-state index contributed by atoms with van der Waals surface area (Å²) in [5.74, 6) is -0.140. The van der Waals surface area contributed by atoms with Crippen LogP contribution in [0.2, 0.25) is 5.02 Å². The van der Waals surface area contributed by atoms with E-state index in [-0.39, 0.29) is 16.8 Å². The zero-order valence-electron chi connectivity index (χ0n) is 15.0. The van der Waals surface area contributed by atoms with Crippen LogP contribution in [0.3, 0.4) is 0 Å². The smallest absolute Gasteiger partial charge is 0.322 e. The number of nitrogens with zero attached hydrogens (tertiary/aromatic N) is 2. The highest BCUT2D eigenvalue weighted by molar-refractivity contribution is 7.90. The van der Waals surface area contributed by atoms with Gasteiger partial charge in [0.25, 0.3) is 5.91 Å². The summed E-state index contributed by atoms with van der Waals surface area (Å²) in [6.07, 6.45) is 1.45. The number of hydrogen-bond acceptors (Lipinski definition) is 7. The van der Waals surface area contributed by atoms with E-state index in [0.717, 1.165) is 21.9 Å². The Bertz CT molecular complexity index is 1310. The molecule has 0 atom stereocenters. The summed E-state index contributed by atoms with van der Waals surface area (Å²) < 4.78 is 29.4. The molecule has 0 saturated carbocycles. The highest BCUT2D eigenvalue weighted by Crippen LogP contribution is 2.35. The van der Waals surface area contributed by atoms with E-state index in [0.29, 0.717) is 16.3 Å². The third-order valence-corrected chi connectivity index (χ3v) is 6.94. The van der Waals surface area contributed by atoms with Crippen molar-refractivity contribution in [2.24, 2.45) is 0 Å². The number of thiophene rings is 1. The van der Waals surface area contributed by atoms with E-state index in [4.69, 9.17) is 16.0 Å². The van der Waals surface area contributed by atoms with Crippen molar-refractivity contribution in [3.8, 4) is 0 Å². The lowest BCUT2D eigenvalue weighted by molar-refractivity contribution is 0.102. The third-order valence-electron chi connectivity index (χ3n) is 4.14. The van der Waals surface area contributed by atoms with Gasteiger partial charge < -0.3 is 4.42 Å². The predicted octanol–water partition coefficient (Wildman–Crippen LogP) is 4.18. The molecule has 0 spiro atoms. The summed E-state index contributed by atoms with van der Waals surface area (Å²) in [5, 5.41) is 11.5. The van der Waals surface area contributed by atoms with Crippen LogP contribution in [0.1, 0.15) is 21.1 Å². The predicted molar refractivity (Wildman–Crippen MR) is 111 cm³/mol. The number of carbonyl (C=O) groups excluding carboxylic acids is 1. The summed E-state index contributed by atoms with van der Waals surface area (Å²) in [6.45, 7) is 0. The van der Waals surface area contributed by atoms with E-state index in [9.17, 15) is 13.2 Å². The molecule has 0 aliphatic heterocycles. The van der Waals surface area contributed by atoms with Gasteiger partial charge in [0.1, 0.15) is 4.88 Å². The van der Waals surface area contributed by atoms with Crippen LogP contribution in [0.4, 0.5) is 6.01 Å². The van der Waals surface area contributed by atoms with Crippen molar-refractivity contribution in [1.29, 1.82) is 0 Å². The first-order valence-corrected chi connectivity index (χ1v) is 11.5. The summed E-state index contributed by atoms with van der Waals surface area (Å²) in [4.78, 5) is 13.1. The first kappa shape index (κ1) is 19.6. The maximum Gasteiger partial charge on any atom is 0.322 e. The van der Waals surface area contributed by atoms with E-state index in [1.165, 1.54) is 23.5 Å². The van der Waals surface area contributed by atoms with E-state index in [1.807, 2.05) is 24.3 Å². The van der Waals surface area contributed by atoms with E-state index in [1.54, 1.807) is 12.1 Å². The lowest BCUT2D eigenvalue weighted by Crippen LogP contribution is -2.10. The van der Waals surface area contributed by atoms with Gasteiger partial charge in [-0.15, -0.1) is 16.4 Å². The number of hydrogen-bond donors (Lipinski definition) is 1. The van der Waals surface area contributed by atoms with Gasteiger partial charge in [0, 0.05) is 16.3 Å². The first-order valence-electron chi connectivity index (χ1n) is 8.41. The molecule has 0 radical (unpaired) electrons. The van der Waals surface area contributed by atoms with Crippen LogP contribution in [0, 0.1) is 0 Å². The highest BCUT2D eigenvalue weighted by Gasteiger charge is 2.19. The number of nitrogens with one attached hydrogen (secondary N) is 1. The molecule has 10 heteroatoms. The van der Waals surface area contributed by atoms with Crippen molar-refractivity contribution < 1.29 is 17.6 Å². The Balaban J connectivity index is 1.47. The van der Waals surface area contributed by atoms with Crippen LogP contribution < -0.4 is 5.32 Å². The molecule has 0 aliphatic rings. The standard InChI is InChI=1S/C19H14ClN3O4S2/c1-29(25,26)12-8-6-11(7-9-12)10-15-22-23-19(27-15)21-18(24)17-16(20)13-4-2-3-5-14(13)28-17/h2-9H,10H2,1H3,(H,21,23,24). The van der Waals surface area contributed by atoms with Gasteiger partial charge in [-0.05, 0) is 23.8 Å². The Kier molecular flexibility index (Phi) is 5.12. The SMILES string of the molecule is CS(=O)(=O)c1ccc(Cc2nnc(NC(=O)c3sc4ccccc4c3Cl)o2)cc1. The Morgan fingerprint density at radius 2 is 1.86 bits per heavy atom. The number of sulfone groups is 1. The van der Waals surface area contributed by atoms with Crippen molar-refractivity contribution in [1.82, 2.24) is 10.2 Å². The molecule has 0 aliphatic carbocycles. The second-order valence-electron chi connectivity index (χ2n) is 6.29. The second-order valence-corrected chi connectivity index (χ2v) is 9.74. The minimum absolute atomic E-state index is 0.0359. The molecule has 2 heterocycles. The number of fused-ring (bicyclic) bond motifs is 1. The molecule has 0 bridgehead atoms. The number of amides is 1. The molecule has 4 aromatic rings. The number of halogens is 1. The number of benzene rings is 2. The lowest BCUT2D eigenvalue weighted by atomic mass is 10.1. The Hall–Kier alpha value is -2.75. The molecule has 148 valence electrons. The minimum Gasteiger partial charge on any atom is -0.407 e. The Labute approximate surface area is 175 Å². The molecule has 1 N–H and O–H groups in total. The Morgan fingerprint density at radius 1 is 1.14 bits per heavy atom. The number of aromatic nitrogens is 2. The largest absolute Gasteiger partial charge is 0.407 e. The first-order chi connectivity index (χ1) is 13.8. The second kappa shape index (κ2) is 7.58. The molecule has 29 heavy (non-hydrogen) atoms. The van der Waals surface area contributed by atoms with Crippen molar-refractivity contribution in [3.05, 3.63) is 69.9 Å². The van der Waals surface area contributed by atoms with Crippen LogP contribution in [-0.2, 0) is 16.3 Å². The number of anilines is 1.